The Morgan fingerprint density at radius 3 is 2.84 bits per heavy atom. The van der Waals surface area contributed by atoms with Crippen molar-refractivity contribution in [1.29, 1.82) is 0 Å². The zero-order valence-electron chi connectivity index (χ0n) is 21.3. The Balaban J connectivity index is 1.12. The molecule has 0 radical (unpaired) electrons. The maximum Gasteiger partial charge on any atom is 0.272 e. The fourth-order valence-corrected chi connectivity index (χ4v) is 6.53. The number of aromatic amines is 1. The monoisotopic (exact) mass is 538 g/mol. The number of imidazole rings is 1. The number of carbonyl (C=O) groups excluding carboxylic acids is 1. The third-order valence-electron chi connectivity index (χ3n) is 8.45. The summed E-state index contributed by atoms with van der Waals surface area (Å²) in [7, 11) is 0. The summed E-state index contributed by atoms with van der Waals surface area (Å²) in [5, 5.41) is 10.3. The van der Waals surface area contributed by atoms with E-state index in [9.17, 15) is 14.3 Å². The van der Waals surface area contributed by atoms with Gasteiger partial charge < -0.3 is 15.0 Å². The molecule has 10 heteroatoms. The number of phenols is 1. The van der Waals surface area contributed by atoms with Gasteiger partial charge in [0.15, 0.2) is 11.6 Å². The molecule has 200 valence electrons. The minimum Gasteiger partial charge on any atom is -0.505 e. The second-order valence-electron chi connectivity index (χ2n) is 10.6. The van der Waals surface area contributed by atoms with Crippen molar-refractivity contribution in [2.75, 3.05) is 13.1 Å². The van der Waals surface area contributed by atoms with Crippen molar-refractivity contribution in [3.8, 4) is 5.75 Å². The Hall–Kier alpha value is -3.01. The van der Waals surface area contributed by atoms with E-state index in [1.807, 2.05) is 11.8 Å². The van der Waals surface area contributed by atoms with Crippen LogP contribution in [0.1, 0.15) is 77.0 Å². The topological polar surface area (TPSA) is 106 Å². The number of aryl methyl sites for hydroxylation is 1. The standard InChI is InChI=1S/C28H32ClFN6O2/c1-2-15-12-25(37)20(30)13-19(15)16-3-5-18-24(11-16)34-35-26(18)27-32-21-7-9-36(10-8-22(21)33-27)28(38)23-6-4-17(29)14-31-23/h4,6,12-14,16,18,24,26,34-35,37H,2-3,5,7-11H2,1H3,(H,32,33). The minimum absolute atomic E-state index is 0.0751. The number of aromatic nitrogens is 3. The molecule has 4 unspecified atom stereocenters. The summed E-state index contributed by atoms with van der Waals surface area (Å²) in [6.45, 7) is 3.23. The highest BCUT2D eigenvalue weighted by Crippen LogP contribution is 2.44. The third-order valence-corrected chi connectivity index (χ3v) is 8.67. The van der Waals surface area contributed by atoms with Crippen LogP contribution >= 0.6 is 11.6 Å². The van der Waals surface area contributed by atoms with Crippen molar-refractivity contribution in [3.05, 3.63) is 75.3 Å². The van der Waals surface area contributed by atoms with Crippen LogP contribution in [0.25, 0.3) is 0 Å². The Labute approximate surface area is 226 Å². The first kappa shape index (κ1) is 25.3. The molecule has 0 spiro atoms. The molecule has 2 aromatic heterocycles. The number of hydrogen-bond acceptors (Lipinski definition) is 6. The summed E-state index contributed by atoms with van der Waals surface area (Å²) >= 11 is 5.91. The van der Waals surface area contributed by atoms with Gasteiger partial charge in [-0.2, -0.15) is 0 Å². The van der Waals surface area contributed by atoms with Crippen LogP contribution in [-0.2, 0) is 19.3 Å². The number of hydrazine groups is 1. The van der Waals surface area contributed by atoms with E-state index in [1.54, 1.807) is 18.2 Å². The highest BCUT2D eigenvalue weighted by Gasteiger charge is 2.43. The van der Waals surface area contributed by atoms with Gasteiger partial charge in [0.1, 0.15) is 11.5 Å². The Morgan fingerprint density at radius 1 is 1.21 bits per heavy atom. The van der Waals surface area contributed by atoms with Gasteiger partial charge in [-0.15, -0.1) is 0 Å². The lowest BCUT2D eigenvalue weighted by molar-refractivity contribution is 0.0756. The van der Waals surface area contributed by atoms with E-state index in [1.165, 1.54) is 12.3 Å². The Morgan fingerprint density at radius 2 is 2.05 bits per heavy atom. The normalized spacial score (nSPS) is 25.1. The van der Waals surface area contributed by atoms with E-state index in [0.29, 0.717) is 42.6 Å². The number of H-pyrrole nitrogens is 1. The molecule has 4 heterocycles. The van der Waals surface area contributed by atoms with Crippen molar-refractivity contribution in [1.82, 2.24) is 30.7 Å². The molecular formula is C28H32ClFN6O2. The van der Waals surface area contributed by atoms with Crippen LogP contribution in [0.5, 0.6) is 5.75 Å². The van der Waals surface area contributed by atoms with E-state index >= 15 is 0 Å². The molecule has 4 atom stereocenters. The lowest BCUT2D eigenvalue weighted by Gasteiger charge is -2.33. The van der Waals surface area contributed by atoms with Crippen LogP contribution in [0, 0.1) is 11.7 Å². The van der Waals surface area contributed by atoms with E-state index in [4.69, 9.17) is 16.6 Å². The number of carbonyl (C=O) groups is 1. The number of pyridine rings is 1. The van der Waals surface area contributed by atoms with Crippen LogP contribution in [0.3, 0.4) is 0 Å². The van der Waals surface area contributed by atoms with Crippen molar-refractivity contribution >= 4 is 17.5 Å². The summed E-state index contributed by atoms with van der Waals surface area (Å²) < 4.78 is 14.2. The van der Waals surface area contributed by atoms with Gasteiger partial charge >= 0.3 is 0 Å². The van der Waals surface area contributed by atoms with Crippen LogP contribution in [-0.4, -0.2) is 50.0 Å². The number of phenolic OH excluding ortho intramolecular Hbond substituents is 1. The number of nitrogens with one attached hydrogen (secondary N) is 3. The number of fused-ring (bicyclic) bond motifs is 2. The molecule has 6 rings (SSSR count). The molecule has 8 nitrogen and oxygen atoms in total. The number of nitrogens with zero attached hydrogens (tertiary/aromatic N) is 3. The maximum atomic E-state index is 14.2. The molecule has 3 aromatic rings. The van der Waals surface area contributed by atoms with Gasteiger partial charge in [0.2, 0.25) is 0 Å². The summed E-state index contributed by atoms with van der Waals surface area (Å²) in [5.74, 6) is 0.664. The van der Waals surface area contributed by atoms with Gasteiger partial charge in [-0.05, 0) is 72.9 Å². The van der Waals surface area contributed by atoms with Gasteiger partial charge in [-0.1, -0.05) is 18.5 Å². The predicted molar refractivity (Wildman–Crippen MR) is 141 cm³/mol. The van der Waals surface area contributed by atoms with E-state index in [2.05, 4.69) is 20.8 Å². The molecule has 1 saturated carbocycles. The molecule has 1 aliphatic carbocycles. The van der Waals surface area contributed by atoms with E-state index < -0.39 is 5.82 Å². The molecule has 3 aliphatic rings. The summed E-state index contributed by atoms with van der Waals surface area (Å²) in [6, 6.07) is 6.79. The van der Waals surface area contributed by atoms with Crippen LogP contribution in [0.15, 0.2) is 30.5 Å². The molecule has 2 aliphatic heterocycles. The average molecular weight is 539 g/mol. The van der Waals surface area contributed by atoms with Crippen molar-refractivity contribution in [2.24, 2.45) is 5.92 Å². The lowest BCUT2D eigenvalue weighted by atomic mass is 9.73. The number of rotatable bonds is 4. The van der Waals surface area contributed by atoms with Gasteiger partial charge in [0.05, 0.1) is 16.8 Å². The Kier molecular flexibility index (Phi) is 6.84. The van der Waals surface area contributed by atoms with Crippen LogP contribution in [0.4, 0.5) is 4.39 Å². The molecule has 1 amide bonds. The minimum atomic E-state index is -0.545. The second-order valence-corrected chi connectivity index (χ2v) is 11.0. The number of hydrogen-bond donors (Lipinski definition) is 4. The summed E-state index contributed by atoms with van der Waals surface area (Å²) in [4.78, 5) is 27.5. The predicted octanol–water partition coefficient (Wildman–Crippen LogP) is 4.21. The zero-order chi connectivity index (χ0) is 26.4. The quantitative estimate of drug-likeness (QED) is 0.396. The van der Waals surface area contributed by atoms with Crippen molar-refractivity contribution in [2.45, 2.75) is 63.5 Å². The van der Waals surface area contributed by atoms with Crippen molar-refractivity contribution in [3.63, 3.8) is 0 Å². The van der Waals surface area contributed by atoms with Gasteiger partial charge in [0, 0.05) is 43.9 Å². The molecule has 1 aromatic carbocycles. The second kappa shape index (κ2) is 10.3. The summed E-state index contributed by atoms with van der Waals surface area (Å²) in [6.07, 6.45) is 6.53. The third kappa shape index (κ3) is 4.67. The maximum absolute atomic E-state index is 14.2. The molecular weight excluding hydrogens is 507 g/mol. The first-order valence-electron chi connectivity index (χ1n) is 13.4. The lowest BCUT2D eigenvalue weighted by Crippen LogP contribution is -2.35. The van der Waals surface area contributed by atoms with E-state index in [-0.39, 0.29) is 29.7 Å². The SMILES string of the molecule is CCc1cc(O)c(F)cc1C1CCC2C(C1)NNC2c1nc2c([nH]1)CCN(C(=O)c1ccc(Cl)cn1)CC2. The molecule has 1 saturated heterocycles. The molecule has 2 fully saturated rings. The largest absolute Gasteiger partial charge is 0.505 e. The van der Waals surface area contributed by atoms with Gasteiger partial charge in [-0.25, -0.2) is 19.8 Å². The molecule has 4 N–H and O–H groups in total. The van der Waals surface area contributed by atoms with Crippen LogP contribution in [0.2, 0.25) is 5.02 Å². The highest BCUT2D eigenvalue weighted by molar-refractivity contribution is 6.30. The summed E-state index contributed by atoms with van der Waals surface area (Å²) in [5.41, 5.74) is 11.5. The van der Waals surface area contributed by atoms with Crippen molar-refractivity contribution < 1.29 is 14.3 Å². The first-order chi connectivity index (χ1) is 18.4. The number of aromatic hydroxyl groups is 1. The van der Waals surface area contributed by atoms with Gasteiger partial charge in [0.25, 0.3) is 5.91 Å². The van der Waals surface area contributed by atoms with Crippen LogP contribution < -0.4 is 10.9 Å². The average Bonchev–Trinajstić information content (AvgIpc) is 3.48. The molecule has 0 bridgehead atoms. The number of amides is 1. The fourth-order valence-electron chi connectivity index (χ4n) is 6.42. The highest BCUT2D eigenvalue weighted by atomic mass is 35.5. The first-order valence-corrected chi connectivity index (χ1v) is 13.8. The van der Waals surface area contributed by atoms with E-state index in [0.717, 1.165) is 54.0 Å². The molecule has 38 heavy (non-hydrogen) atoms. The number of benzene rings is 1. The fraction of sp³-hybridized carbons (Fsp3) is 0.464. The number of halogens is 2. The van der Waals surface area contributed by atoms with Gasteiger partial charge in [-0.3, -0.25) is 10.2 Å². The Bertz CT molecular complexity index is 1320. The zero-order valence-corrected chi connectivity index (χ0v) is 22.1. The smallest absolute Gasteiger partial charge is 0.272 e.